The quantitative estimate of drug-likeness (QED) is 0.411. The first kappa shape index (κ1) is 19.3. The minimum absolute atomic E-state index is 0.0361. The molecule has 0 fully saturated rings. The van der Waals surface area contributed by atoms with E-state index >= 15 is 0 Å². The molecular formula is C16H20N6O6. The summed E-state index contributed by atoms with van der Waals surface area (Å²) >= 11 is 0. The summed E-state index contributed by atoms with van der Waals surface area (Å²) in [5, 5.41) is 11.5. The van der Waals surface area contributed by atoms with Crippen LogP contribution in [0, 0.1) is 10.1 Å². The number of amides is 1. The first-order valence-electron chi connectivity index (χ1n) is 8.58. The number of fused-ring (bicyclic) bond motifs is 1. The van der Waals surface area contributed by atoms with Gasteiger partial charge < -0.3 is 19.4 Å². The van der Waals surface area contributed by atoms with Gasteiger partial charge in [-0.15, -0.1) is 0 Å². The van der Waals surface area contributed by atoms with Gasteiger partial charge in [0.15, 0.2) is 5.54 Å². The Labute approximate surface area is 159 Å². The van der Waals surface area contributed by atoms with Gasteiger partial charge in [0.05, 0.1) is 50.2 Å². The Morgan fingerprint density at radius 3 is 2.82 bits per heavy atom. The number of nitrogens with zero attached hydrogens (tertiary/aromatic N) is 4. The maximum absolute atomic E-state index is 13.1. The molecule has 0 saturated carbocycles. The smallest absolute Gasteiger partial charge is 0.411 e. The molecule has 2 N–H and O–H groups in total. The number of nitro groups is 1. The number of esters is 1. The third kappa shape index (κ3) is 3.17. The van der Waals surface area contributed by atoms with E-state index in [9.17, 15) is 19.7 Å². The zero-order valence-electron chi connectivity index (χ0n) is 15.4. The predicted octanol–water partition coefficient (Wildman–Crippen LogP) is 0.620. The molecular weight excluding hydrogens is 372 g/mol. The summed E-state index contributed by atoms with van der Waals surface area (Å²) in [4.78, 5) is 51.9. The number of nitrogens with one attached hydrogen (secondary N) is 2. The van der Waals surface area contributed by atoms with Crippen LogP contribution in [0.2, 0.25) is 0 Å². The zero-order valence-corrected chi connectivity index (χ0v) is 15.4. The number of aromatic amines is 2. The Morgan fingerprint density at radius 2 is 2.21 bits per heavy atom. The molecule has 12 heteroatoms. The average molecular weight is 392 g/mol. The van der Waals surface area contributed by atoms with Gasteiger partial charge >= 0.3 is 12.1 Å². The van der Waals surface area contributed by atoms with Crippen molar-refractivity contribution >= 4 is 12.1 Å². The second kappa shape index (κ2) is 7.66. The van der Waals surface area contributed by atoms with Crippen LogP contribution in [0.3, 0.4) is 0 Å². The lowest BCUT2D eigenvalue weighted by molar-refractivity contribution is -0.486. The highest BCUT2D eigenvalue weighted by Crippen LogP contribution is 2.41. The summed E-state index contributed by atoms with van der Waals surface area (Å²) in [6.45, 7) is 1.04. The van der Waals surface area contributed by atoms with E-state index in [1.165, 1.54) is 30.9 Å². The van der Waals surface area contributed by atoms with Crippen LogP contribution in [0.4, 0.5) is 4.79 Å². The Morgan fingerprint density at radius 1 is 1.43 bits per heavy atom. The van der Waals surface area contributed by atoms with Gasteiger partial charge in [-0.25, -0.2) is 19.6 Å². The van der Waals surface area contributed by atoms with Gasteiger partial charge in [0, 0.05) is 23.2 Å². The molecule has 0 aromatic carbocycles. The van der Waals surface area contributed by atoms with E-state index in [4.69, 9.17) is 9.47 Å². The van der Waals surface area contributed by atoms with Gasteiger partial charge in [-0.1, -0.05) is 0 Å². The fraction of sp³-hybridized carbons (Fsp3) is 0.500. The average Bonchev–Trinajstić information content (AvgIpc) is 3.35. The van der Waals surface area contributed by atoms with Crippen molar-refractivity contribution in [2.24, 2.45) is 0 Å². The van der Waals surface area contributed by atoms with Crippen LogP contribution in [0.1, 0.15) is 29.9 Å². The topological polar surface area (TPSA) is 156 Å². The first-order valence-corrected chi connectivity index (χ1v) is 8.58. The maximum Gasteiger partial charge on any atom is 0.411 e. The number of methoxy groups -OCH3 is 1. The van der Waals surface area contributed by atoms with Gasteiger partial charge in [0.25, 0.3) is 0 Å². The highest BCUT2D eigenvalue weighted by atomic mass is 16.6. The van der Waals surface area contributed by atoms with Gasteiger partial charge in [-0.2, -0.15) is 0 Å². The third-order valence-electron chi connectivity index (χ3n) is 4.87. The fourth-order valence-electron chi connectivity index (χ4n) is 3.64. The molecule has 2 aromatic rings. The van der Waals surface area contributed by atoms with Crippen molar-refractivity contribution in [3.63, 3.8) is 0 Å². The van der Waals surface area contributed by atoms with Crippen LogP contribution in [0.15, 0.2) is 18.9 Å². The summed E-state index contributed by atoms with van der Waals surface area (Å²) in [6, 6.07) is 0. The molecule has 1 amide bonds. The summed E-state index contributed by atoms with van der Waals surface area (Å²) < 4.78 is 10.2. The van der Waals surface area contributed by atoms with Crippen LogP contribution >= 0.6 is 0 Å². The second-order valence-corrected chi connectivity index (χ2v) is 6.28. The highest BCUT2D eigenvalue weighted by Gasteiger charge is 2.59. The Bertz CT molecular complexity index is 865. The minimum atomic E-state index is -1.73. The number of rotatable bonds is 6. The monoisotopic (exact) mass is 392 g/mol. The maximum atomic E-state index is 13.1. The summed E-state index contributed by atoms with van der Waals surface area (Å²) in [5.41, 5.74) is -0.255. The minimum Gasteiger partial charge on any atom is -0.467 e. The lowest BCUT2D eigenvalue weighted by Crippen LogP contribution is -2.65. The van der Waals surface area contributed by atoms with Crippen molar-refractivity contribution in [1.29, 1.82) is 0 Å². The fourth-order valence-corrected chi connectivity index (χ4v) is 3.64. The van der Waals surface area contributed by atoms with Crippen LogP contribution in [0.5, 0.6) is 0 Å². The predicted molar refractivity (Wildman–Crippen MR) is 92.8 cm³/mol. The van der Waals surface area contributed by atoms with Crippen LogP contribution in [-0.2, 0) is 27.2 Å². The molecule has 2 atom stereocenters. The Hall–Kier alpha value is -3.44. The second-order valence-electron chi connectivity index (χ2n) is 6.28. The summed E-state index contributed by atoms with van der Waals surface area (Å²) in [6.07, 6.45) is 3.34. The Balaban J connectivity index is 2.21. The van der Waals surface area contributed by atoms with E-state index in [-0.39, 0.29) is 19.6 Å². The molecule has 0 spiro atoms. The van der Waals surface area contributed by atoms with E-state index in [2.05, 4.69) is 19.9 Å². The number of ether oxygens (including phenoxy) is 2. The third-order valence-corrected chi connectivity index (χ3v) is 4.87. The summed E-state index contributed by atoms with van der Waals surface area (Å²) in [5.74, 6) is -1.86. The molecule has 0 bridgehead atoms. The van der Waals surface area contributed by atoms with E-state index in [0.717, 1.165) is 0 Å². The first-order chi connectivity index (χ1) is 13.4. The standard InChI is InChI=1S/C16H20N6O6/c1-3-28-15(24)21-7-13-11(19-9-20-13)4-16(21,14(23)27-2)10(6-22(25)26)12-5-17-8-18-12/h5,8-10H,3-4,6-7H2,1-2H3,(H,17,18)(H,19,20)/t10-,16-/m1/s1. The van der Waals surface area contributed by atoms with Crippen LogP contribution in [0.25, 0.3) is 0 Å². The van der Waals surface area contributed by atoms with Crippen molar-refractivity contribution in [1.82, 2.24) is 24.8 Å². The van der Waals surface area contributed by atoms with Gasteiger partial charge in [-0.05, 0) is 6.92 Å². The number of H-pyrrole nitrogens is 2. The molecule has 0 unspecified atom stereocenters. The number of imidazole rings is 2. The molecule has 28 heavy (non-hydrogen) atoms. The summed E-state index contributed by atoms with van der Waals surface area (Å²) in [7, 11) is 1.17. The van der Waals surface area contributed by atoms with Gasteiger partial charge in [-0.3, -0.25) is 15.0 Å². The zero-order chi connectivity index (χ0) is 20.3. The Kier molecular flexibility index (Phi) is 5.29. The number of hydrogen-bond acceptors (Lipinski definition) is 8. The highest BCUT2D eigenvalue weighted by molar-refractivity contribution is 5.88. The van der Waals surface area contributed by atoms with E-state index in [1.807, 2.05) is 0 Å². The largest absolute Gasteiger partial charge is 0.467 e. The van der Waals surface area contributed by atoms with Crippen molar-refractivity contribution < 1.29 is 24.0 Å². The molecule has 3 heterocycles. The molecule has 150 valence electrons. The lowest BCUT2D eigenvalue weighted by atomic mass is 9.74. The van der Waals surface area contributed by atoms with Crippen molar-refractivity contribution in [3.05, 3.63) is 46.0 Å². The number of aromatic nitrogens is 4. The molecule has 1 aliphatic rings. The van der Waals surface area contributed by atoms with Gasteiger partial charge in [0.2, 0.25) is 6.54 Å². The van der Waals surface area contributed by atoms with Crippen molar-refractivity contribution in [2.75, 3.05) is 20.3 Å². The van der Waals surface area contributed by atoms with E-state index in [1.54, 1.807) is 6.92 Å². The molecule has 1 aliphatic heterocycles. The molecule has 0 aliphatic carbocycles. The van der Waals surface area contributed by atoms with E-state index < -0.39 is 35.0 Å². The molecule has 0 saturated heterocycles. The molecule has 3 rings (SSSR count). The molecule has 2 aromatic heterocycles. The molecule has 12 nitrogen and oxygen atoms in total. The van der Waals surface area contributed by atoms with Gasteiger partial charge in [0.1, 0.15) is 0 Å². The van der Waals surface area contributed by atoms with Crippen molar-refractivity contribution in [2.45, 2.75) is 31.3 Å². The van der Waals surface area contributed by atoms with Crippen LogP contribution < -0.4 is 0 Å². The van der Waals surface area contributed by atoms with E-state index in [0.29, 0.717) is 17.1 Å². The normalized spacial score (nSPS) is 19.6. The van der Waals surface area contributed by atoms with Crippen molar-refractivity contribution in [3.8, 4) is 0 Å². The number of hydrogen-bond donors (Lipinski definition) is 2. The SMILES string of the molecule is CCOC(=O)N1Cc2[nH]cnc2C[C@]1(C(=O)OC)[C@H](C[N+](=O)[O-])c1cnc[nH]1. The lowest BCUT2D eigenvalue weighted by Gasteiger charge is -2.46. The van der Waals surface area contributed by atoms with Crippen LogP contribution in [-0.4, -0.2) is 67.6 Å². The number of carbonyl (C=O) groups is 2. The molecule has 0 radical (unpaired) electrons. The number of carbonyl (C=O) groups excluding carboxylic acids is 2.